The second-order valence-corrected chi connectivity index (χ2v) is 5.90. The fraction of sp³-hybridized carbons (Fsp3) is 0.188. The number of hydrogen-bond acceptors (Lipinski definition) is 5. The number of aryl methyl sites for hydroxylation is 1. The molecule has 2 aromatic carbocycles. The predicted molar refractivity (Wildman–Crippen MR) is 86.4 cm³/mol. The van der Waals surface area contributed by atoms with Crippen molar-refractivity contribution >= 4 is 11.8 Å². The zero-order valence-electron chi connectivity index (χ0n) is 12.7. The van der Waals surface area contributed by atoms with E-state index in [1.54, 1.807) is 19.2 Å². The van der Waals surface area contributed by atoms with Gasteiger partial charge in [0.1, 0.15) is 11.6 Å². The maximum Gasteiger partial charge on any atom is 0.214 e. The molecule has 3 rings (SSSR count). The van der Waals surface area contributed by atoms with Crippen molar-refractivity contribution in [2.24, 2.45) is 0 Å². The summed E-state index contributed by atoms with van der Waals surface area (Å²) in [6.45, 7) is 2.03. The number of hydrogen-bond donors (Lipinski definition) is 0. The lowest BCUT2D eigenvalue weighted by Gasteiger charge is -2.09. The third-order valence-corrected chi connectivity index (χ3v) is 4.25. The summed E-state index contributed by atoms with van der Waals surface area (Å²) in [5.74, 6) is 1.16. The highest BCUT2D eigenvalue weighted by atomic mass is 32.2. The van der Waals surface area contributed by atoms with E-state index in [0.29, 0.717) is 16.6 Å². The van der Waals surface area contributed by atoms with Gasteiger partial charge >= 0.3 is 0 Å². The van der Waals surface area contributed by atoms with Gasteiger partial charge in [-0.3, -0.25) is 0 Å². The minimum Gasteiger partial charge on any atom is -0.496 e. The minimum absolute atomic E-state index is 0.325. The van der Waals surface area contributed by atoms with Crippen LogP contribution in [0.4, 0.5) is 4.39 Å². The molecule has 0 spiro atoms. The summed E-state index contributed by atoms with van der Waals surface area (Å²) in [4.78, 5) is 0. The van der Waals surface area contributed by atoms with Crippen LogP contribution in [0.15, 0.2) is 47.6 Å². The largest absolute Gasteiger partial charge is 0.496 e. The van der Waals surface area contributed by atoms with Crippen molar-refractivity contribution in [2.75, 3.05) is 7.11 Å². The zero-order valence-corrected chi connectivity index (χ0v) is 13.5. The summed E-state index contributed by atoms with van der Waals surface area (Å²) in [6.07, 6.45) is 0. The molecule has 0 atom stereocenters. The molecule has 0 radical (unpaired) electrons. The van der Waals surface area contributed by atoms with Gasteiger partial charge in [-0.1, -0.05) is 35.5 Å². The summed E-state index contributed by atoms with van der Waals surface area (Å²) in [7, 11) is 1.65. The Labute approximate surface area is 137 Å². The van der Waals surface area contributed by atoms with E-state index in [9.17, 15) is 4.39 Å². The van der Waals surface area contributed by atoms with Crippen LogP contribution in [-0.4, -0.2) is 27.3 Å². The lowest BCUT2D eigenvalue weighted by molar-refractivity contribution is 0.411. The average Bonchev–Trinajstić information content (AvgIpc) is 3.01. The molecule has 5 nitrogen and oxygen atoms in total. The molecule has 0 N–H and O–H groups in total. The maximum atomic E-state index is 13.4. The van der Waals surface area contributed by atoms with Gasteiger partial charge in [-0.05, 0) is 41.6 Å². The number of methoxy groups -OCH3 is 1. The van der Waals surface area contributed by atoms with Gasteiger partial charge in [0.2, 0.25) is 5.16 Å². The van der Waals surface area contributed by atoms with Crippen LogP contribution in [0.25, 0.3) is 5.69 Å². The van der Waals surface area contributed by atoms with Crippen molar-refractivity contribution in [3.63, 3.8) is 0 Å². The second kappa shape index (κ2) is 6.78. The first kappa shape index (κ1) is 15.5. The van der Waals surface area contributed by atoms with Gasteiger partial charge in [0.15, 0.2) is 0 Å². The number of benzene rings is 2. The molecule has 0 aliphatic heterocycles. The molecule has 0 unspecified atom stereocenters. The van der Waals surface area contributed by atoms with Gasteiger partial charge in [-0.25, -0.2) is 4.39 Å². The number of aromatic nitrogens is 4. The lowest BCUT2D eigenvalue weighted by atomic mass is 10.1. The Morgan fingerprint density at radius 1 is 1.22 bits per heavy atom. The molecule has 7 heteroatoms. The Morgan fingerprint density at radius 3 is 2.87 bits per heavy atom. The van der Waals surface area contributed by atoms with Crippen LogP contribution in [0.2, 0.25) is 0 Å². The van der Waals surface area contributed by atoms with Gasteiger partial charge in [-0.15, -0.1) is 5.10 Å². The third-order valence-electron chi connectivity index (χ3n) is 3.29. The molecule has 0 aliphatic rings. The molecule has 118 valence electrons. The fourth-order valence-corrected chi connectivity index (χ4v) is 3.07. The number of thioether (sulfide) groups is 1. The zero-order chi connectivity index (χ0) is 16.2. The topological polar surface area (TPSA) is 52.8 Å². The van der Waals surface area contributed by atoms with Crippen LogP contribution in [0.3, 0.4) is 0 Å². The smallest absolute Gasteiger partial charge is 0.214 e. The number of halogens is 1. The number of nitrogens with zero attached hydrogens (tertiary/aromatic N) is 4. The van der Waals surface area contributed by atoms with Crippen molar-refractivity contribution in [3.05, 3.63) is 59.4 Å². The molecular weight excluding hydrogens is 315 g/mol. The van der Waals surface area contributed by atoms with E-state index >= 15 is 0 Å². The molecule has 0 fully saturated rings. The van der Waals surface area contributed by atoms with Crippen LogP contribution in [0.1, 0.15) is 11.1 Å². The van der Waals surface area contributed by atoms with Crippen LogP contribution in [-0.2, 0) is 5.75 Å². The monoisotopic (exact) mass is 330 g/mol. The Bertz CT molecular complexity index is 821. The van der Waals surface area contributed by atoms with E-state index in [0.717, 1.165) is 16.9 Å². The summed E-state index contributed by atoms with van der Waals surface area (Å²) in [6, 6.07) is 12.2. The summed E-state index contributed by atoms with van der Waals surface area (Å²) < 4.78 is 20.3. The molecule has 0 aliphatic carbocycles. The lowest BCUT2D eigenvalue weighted by Crippen LogP contribution is -2.00. The van der Waals surface area contributed by atoms with Crippen molar-refractivity contribution in [2.45, 2.75) is 17.8 Å². The molecule has 0 bridgehead atoms. The van der Waals surface area contributed by atoms with Gasteiger partial charge in [-0.2, -0.15) is 4.68 Å². The molecular formula is C16H15FN4OS. The molecule has 23 heavy (non-hydrogen) atoms. The van der Waals surface area contributed by atoms with Gasteiger partial charge in [0.05, 0.1) is 12.8 Å². The van der Waals surface area contributed by atoms with Gasteiger partial charge < -0.3 is 4.74 Å². The Kier molecular flexibility index (Phi) is 4.57. The molecule has 3 aromatic rings. The van der Waals surface area contributed by atoms with E-state index in [1.165, 1.54) is 28.6 Å². The van der Waals surface area contributed by atoms with E-state index in [2.05, 4.69) is 21.6 Å². The van der Waals surface area contributed by atoms with Crippen molar-refractivity contribution in [1.29, 1.82) is 0 Å². The SMILES string of the molecule is COc1ccc(C)cc1CSc1nnnn1-c1cccc(F)c1. The Hall–Kier alpha value is -2.41. The maximum absolute atomic E-state index is 13.4. The van der Waals surface area contributed by atoms with Gasteiger partial charge in [0.25, 0.3) is 0 Å². The molecule has 1 heterocycles. The molecule has 0 saturated heterocycles. The van der Waals surface area contributed by atoms with Crippen molar-refractivity contribution in [3.8, 4) is 11.4 Å². The van der Waals surface area contributed by atoms with Crippen LogP contribution >= 0.6 is 11.8 Å². The van der Waals surface area contributed by atoms with E-state index in [4.69, 9.17) is 4.74 Å². The number of rotatable bonds is 5. The van der Waals surface area contributed by atoms with E-state index < -0.39 is 0 Å². The van der Waals surface area contributed by atoms with Crippen LogP contribution in [0.5, 0.6) is 5.75 Å². The highest BCUT2D eigenvalue weighted by molar-refractivity contribution is 7.98. The predicted octanol–water partition coefficient (Wildman–Crippen LogP) is 3.41. The standard InChI is InChI=1S/C16H15FN4OS/c1-11-6-7-15(22-2)12(8-11)10-23-16-18-19-20-21(16)14-5-3-4-13(17)9-14/h3-9H,10H2,1-2H3. The summed E-state index contributed by atoms with van der Waals surface area (Å²) in [5, 5.41) is 12.2. The molecule has 0 saturated carbocycles. The summed E-state index contributed by atoms with van der Waals surface area (Å²) >= 11 is 1.47. The van der Waals surface area contributed by atoms with Crippen LogP contribution in [0, 0.1) is 12.7 Å². The van der Waals surface area contributed by atoms with Crippen molar-refractivity contribution in [1.82, 2.24) is 20.2 Å². The van der Waals surface area contributed by atoms with Crippen molar-refractivity contribution < 1.29 is 9.13 Å². The highest BCUT2D eigenvalue weighted by Gasteiger charge is 2.11. The fourth-order valence-electron chi connectivity index (χ4n) is 2.20. The number of ether oxygens (including phenoxy) is 1. The normalized spacial score (nSPS) is 10.7. The van der Waals surface area contributed by atoms with E-state index in [1.807, 2.05) is 19.1 Å². The molecule has 1 aromatic heterocycles. The minimum atomic E-state index is -0.325. The first-order chi connectivity index (χ1) is 11.2. The Morgan fingerprint density at radius 2 is 2.09 bits per heavy atom. The first-order valence-electron chi connectivity index (χ1n) is 6.98. The second-order valence-electron chi connectivity index (χ2n) is 4.96. The number of tetrazole rings is 1. The van der Waals surface area contributed by atoms with Gasteiger partial charge in [0, 0.05) is 11.3 Å². The molecule has 0 amide bonds. The Balaban J connectivity index is 1.83. The highest BCUT2D eigenvalue weighted by Crippen LogP contribution is 2.28. The van der Waals surface area contributed by atoms with Crippen LogP contribution < -0.4 is 4.74 Å². The van der Waals surface area contributed by atoms with E-state index in [-0.39, 0.29) is 5.82 Å². The quantitative estimate of drug-likeness (QED) is 0.671. The third kappa shape index (κ3) is 3.50. The summed E-state index contributed by atoms with van der Waals surface area (Å²) in [5.41, 5.74) is 2.81. The first-order valence-corrected chi connectivity index (χ1v) is 7.96. The average molecular weight is 330 g/mol.